The number of halogens is 8. The number of rotatable bonds is 3. The van der Waals surface area contributed by atoms with E-state index in [0.29, 0.717) is 0 Å². The van der Waals surface area contributed by atoms with Crippen molar-refractivity contribution in [3.63, 3.8) is 0 Å². The van der Waals surface area contributed by atoms with E-state index in [1.54, 1.807) is 0 Å². The second-order valence-electron chi connectivity index (χ2n) is 4.89. The fourth-order valence-electron chi connectivity index (χ4n) is 1.84. The normalized spacial score (nSPS) is 10.3. The number of hydrogen-bond acceptors (Lipinski definition) is 5. The molecule has 0 aliphatic rings. The first kappa shape index (κ1) is 24.1. The van der Waals surface area contributed by atoms with Crippen LogP contribution in [0.3, 0.4) is 0 Å². The van der Waals surface area contributed by atoms with Gasteiger partial charge in [0.2, 0.25) is 11.6 Å². The standard InChI is InChI=1S/C7HF4NO4.C7H3F4NO2/c8-2-1(7(13)14)6(12(15)16)5(11)4(10)3(2)9;8-2-1(7(13)14)6(12)5(11)4(10)3(2)9/h(H,13,14);12H2,(H,13,14). The van der Waals surface area contributed by atoms with Gasteiger partial charge in [-0.05, 0) is 0 Å². The second-order valence-corrected chi connectivity index (χ2v) is 4.89. The number of aromatic carboxylic acids is 2. The third-order valence-corrected chi connectivity index (χ3v) is 3.16. The van der Waals surface area contributed by atoms with E-state index in [2.05, 4.69) is 0 Å². The molecule has 30 heavy (non-hydrogen) atoms. The zero-order valence-electron chi connectivity index (χ0n) is 13.6. The molecule has 4 N–H and O–H groups in total. The van der Waals surface area contributed by atoms with Gasteiger partial charge in [-0.15, -0.1) is 0 Å². The molecule has 0 fully saturated rings. The molecule has 2 aromatic carbocycles. The zero-order chi connectivity index (χ0) is 23.7. The van der Waals surface area contributed by atoms with Gasteiger partial charge in [-0.25, -0.2) is 40.3 Å². The van der Waals surface area contributed by atoms with Gasteiger partial charge < -0.3 is 15.9 Å². The summed E-state index contributed by atoms with van der Waals surface area (Å²) in [6, 6.07) is 0. The molecule has 8 nitrogen and oxygen atoms in total. The molecule has 0 radical (unpaired) electrons. The molecular formula is C14H4F8N2O6. The molecule has 2 aromatic rings. The number of carboxylic acids is 2. The fraction of sp³-hybridized carbons (Fsp3) is 0. The highest BCUT2D eigenvalue weighted by atomic mass is 19.2. The molecular weight excluding hydrogens is 444 g/mol. The van der Waals surface area contributed by atoms with Gasteiger partial charge in [-0.3, -0.25) is 10.1 Å². The Kier molecular flexibility index (Phi) is 6.88. The summed E-state index contributed by atoms with van der Waals surface area (Å²) in [6.45, 7) is 0. The van der Waals surface area contributed by atoms with E-state index in [1.165, 1.54) is 0 Å². The van der Waals surface area contributed by atoms with Crippen molar-refractivity contribution in [2.45, 2.75) is 0 Å². The number of carboxylic acid groups (broad SMARTS) is 2. The quantitative estimate of drug-likeness (QED) is 0.163. The van der Waals surface area contributed by atoms with Gasteiger partial charge in [0.05, 0.1) is 10.6 Å². The Labute approximate surface area is 157 Å². The van der Waals surface area contributed by atoms with Crippen molar-refractivity contribution in [3.05, 3.63) is 67.8 Å². The lowest BCUT2D eigenvalue weighted by molar-refractivity contribution is -0.388. The summed E-state index contributed by atoms with van der Waals surface area (Å²) in [4.78, 5) is 29.2. The van der Waals surface area contributed by atoms with Gasteiger partial charge in [0.1, 0.15) is 5.56 Å². The topological polar surface area (TPSA) is 144 Å². The molecule has 0 bridgehead atoms. The number of hydrogen-bond donors (Lipinski definition) is 3. The van der Waals surface area contributed by atoms with Gasteiger partial charge in [-0.1, -0.05) is 0 Å². The van der Waals surface area contributed by atoms with Gasteiger partial charge in [0.25, 0.3) is 0 Å². The maximum absolute atomic E-state index is 12.8. The summed E-state index contributed by atoms with van der Waals surface area (Å²) in [6.07, 6.45) is 0. The molecule has 0 unspecified atom stereocenters. The number of carbonyl (C=O) groups is 2. The molecule has 0 aromatic heterocycles. The summed E-state index contributed by atoms with van der Waals surface area (Å²) in [5, 5.41) is 26.9. The second kappa shape index (κ2) is 8.58. The maximum atomic E-state index is 12.8. The van der Waals surface area contributed by atoms with E-state index in [1.807, 2.05) is 0 Å². The first-order valence-electron chi connectivity index (χ1n) is 6.74. The molecule has 16 heteroatoms. The zero-order valence-corrected chi connectivity index (χ0v) is 13.6. The highest BCUT2D eigenvalue weighted by Gasteiger charge is 2.36. The van der Waals surface area contributed by atoms with Crippen molar-refractivity contribution < 1.29 is 59.8 Å². The third-order valence-electron chi connectivity index (χ3n) is 3.16. The van der Waals surface area contributed by atoms with Crippen molar-refractivity contribution in [1.29, 1.82) is 0 Å². The smallest absolute Gasteiger partial charge is 0.346 e. The number of nitro benzene ring substituents is 1. The van der Waals surface area contributed by atoms with Crippen LogP contribution in [-0.2, 0) is 0 Å². The number of anilines is 1. The Bertz CT molecular complexity index is 1020. The Morgan fingerprint density at radius 2 is 1.00 bits per heavy atom. The average molecular weight is 448 g/mol. The van der Waals surface area contributed by atoms with Crippen LogP contribution in [0.1, 0.15) is 20.7 Å². The van der Waals surface area contributed by atoms with Crippen LogP contribution in [0.15, 0.2) is 0 Å². The van der Waals surface area contributed by atoms with Gasteiger partial charge in [0.15, 0.2) is 40.5 Å². The van der Waals surface area contributed by atoms with Crippen molar-refractivity contribution in [2.75, 3.05) is 5.73 Å². The highest BCUT2D eigenvalue weighted by molar-refractivity contribution is 5.94. The molecule has 0 saturated carbocycles. The maximum Gasteiger partial charge on any atom is 0.346 e. The van der Waals surface area contributed by atoms with Crippen molar-refractivity contribution >= 4 is 23.3 Å². The van der Waals surface area contributed by atoms with Crippen LogP contribution in [0, 0.1) is 56.7 Å². The minimum Gasteiger partial charge on any atom is -0.478 e. The number of nitrogens with zero attached hydrogens (tertiary/aromatic N) is 1. The van der Waals surface area contributed by atoms with Crippen LogP contribution >= 0.6 is 0 Å². The van der Waals surface area contributed by atoms with E-state index >= 15 is 0 Å². The Morgan fingerprint density at radius 1 is 0.667 bits per heavy atom. The molecule has 0 spiro atoms. The van der Waals surface area contributed by atoms with Gasteiger partial charge >= 0.3 is 17.6 Å². The van der Waals surface area contributed by atoms with Crippen LogP contribution < -0.4 is 5.73 Å². The summed E-state index contributed by atoms with van der Waals surface area (Å²) >= 11 is 0. The Hall–Kier alpha value is -3.98. The molecule has 162 valence electrons. The van der Waals surface area contributed by atoms with E-state index in [0.717, 1.165) is 0 Å². The van der Waals surface area contributed by atoms with Crippen LogP contribution in [0.5, 0.6) is 0 Å². The summed E-state index contributed by atoms with van der Waals surface area (Å²) in [5.74, 6) is -22.1. The summed E-state index contributed by atoms with van der Waals surface area (Å²) < 4.78 is 101. The molecule has 0 atom stereocenters. The first-order valence-corrected chi connectivity index (χ1v) is 6.74. The lowest BCUT2D eigenvalue weighted by atomic mass is 10.1. The minimum absolute atomic E-state index is 1.27. The van der Waals surface area contributed by atoms with E-state index < -0.39 is 85.9 Å². The third kappa shape index (κ3) is 4.06. The minimum atomic E-state index is -2.44. The monoisotopic (exact) mass is 448 g/mol. The van der Waals surface area contributed by atoms with Crippen LogP contribution in [0.4, 0.5) is 46.5 Å². The van der Waals surface area contributed by atoms with Crippen molar-refractivity contribution in [1.82, 2.24) is 0 Å². The average Bonchev–Trinajstić information content (AvgIpc) is 2.65. The molecule has 0 heterocycles. The fourth-order valence-corrected chi connectivity index (χ4v) is 1.84. The van der Waals surface area contributed by atoms with Crippen LogP contribution in [0.25, 0.3) is 0 Å². The SMILES string of the molecule is Nc1c(F)c(F)c(F)c(F)c1C(=O)O.O=C(O)c1c(F)c(F)c(F)c(F)c1[N+](=O)[O-]. The first-order chi connectivity index (χ1) is 13.7. The Morgan fingerprint density at radius 3 is 1.37 bits per heavy atom. The molecule has 0 aliphatic carbocycles. The van der Waals surface area contributed by atoms with Crippen molar-refractivity contribution in [2.24, 2.45) is 0 Å². The highest BCUT2D eigenvalue weighted by Crippen LogP contribution is 2.30. The van der Waals surface area contributed by atoms with Gasteiger partial charge in [0, 0.05) is 0 Å². The molecule has 0 aliphatic heterocycles. The molecule has 2 rings (SSSR count). The summed E-state index contributed by atoms with van der Waals surface area (Å²) in [5.41, 5.74) is -1.75. The molecule has 0 saturated heterocycles. The number of nitro groups is 1. The number of benzene rings is 2. The Balaban J connectivity index is 0.000000303. The van der Waals surface area contributed by atoms with Crippen LogP contribution in [0.2, 0.25) is 0 Å². The predicted molar refractivity (Wildman–Crippen MR) is 77.5 cm³/mol. The number of nitrogen functional groups attached to an aromatic ring is 1. The van der Waals surface area contributed by atoms with E-state index in [-0.39, 0.29) is 0 Å². The largest absolute Gasteiger partial charge is 0.478 e. The lowest BCUT2D eigenvalue weighted by Gasteiger charge is -2.05. The summed E-state index contributed by atoms with van der Waals surface area (Å²) in [7, 11) is 0. The van der Waals surface area contributed by atoms with Crippen molar-refractivity contribution in [3.8, 4) is 0 Å². The predicted octanol–water partition coefficient (Wildman–Crippen LogP) is 3.37. The van der Waals surface area contributed by atoms with Gasteiger partial charge in [-0.2, -0.15) is 4.39 Å². The van der Waals surface area contributed by atoms with E-state index in [9.17, 15) is 54.8 Å². The molecule has 0 amide bonds. The van der Waals surface area contributed by atoms with Crippen LogP contribution in [-0.4, -0.2) is 27.1 Å². The lowest BCUT2D eigenvalue weighted by Crippen LogP contribution is -2.12. The van der Waals surface area contributed by atoms with E-state index in [4.69, 9.17) is 15.9 Å². The number of nitrogens with two attached hydrogens (primary N) is 1.